The number of nitrogens with zero attached hydrogens (tertiary/aromatic N) is 1. The lowest BCUT2D eigenvalue weighted by Gasteiger charge is -2.28. The van der Waals surface area contributed by atoms with Crippen LogP contribution in [0.3, 0.4) is 0 Å². The zero-order chi connectivity index (χ0) is 46.8. The maximum absolute atomic E-state index is 2.58. The molecule has 0 N–H and O–H groups in total. The summed E-state index contributed by atoms with van der Waals surface area (Å²) in [5.74, 6) is 0.245. The molecule has 1 nitrogen and oxygen atoms in total. The number of fused-ring (bicyclic) bond motifs is 9. The second kappa shape index (κ2) is 17.3. The molecule has 0 spiro atoms. The third-order valence-corrected chi connectivity index (χ3v) is 15.8. The monoisotopic (exact) mass is 899 g/mol. The van der Waals surface area contributed by atoms with Crippen molar-refractivity contribution in [1.82, 2.24) is 0 Å². The molecule has 338 valence electrons. The number of hydrogen-bond donors (Lipinski definition) is 0. The molecule has 0 heterocycles. The summed E-state index contributed by atoms with van der Waals surface area (Å²) in [5.41, 5.74) is 20.6. The highest BCUT2D eigenvalue weighted by Crippen LogP contribution is 2.52. The van der Waals surface area contributed by atoms with Gasteiger partial charge in [-0.15, -0.1) is 0 Å². The molecule has 8 aromatic rings. The van der Waals surface area contributed by atoms with Crippen LogP contribution in [0.4, 0.5) is 11.4 Å². The van der Waals surface area contributed by atoms with Crippen molar-refractivity contribution in [3.63, 3.8) is 0 Å². The van der Waals surface area contributed by atoms with Crippen LogP contribution < -0.4 is 4.90 Å². The first-order chi connectivity index (χ1) is 34.5. The molecule has 0 saturated heterocycles. The van der Waals surface area contributed by atoms with E-state index >= 15 is 0 Å². The molecule has 13 rings (SSSR count). The van der Waals surface area contributed by atoms with Crippen LogP contribution in [0.5, 0.6) is 0 Å². The Morgan fingerprint density at radius 2 is 1.07 bits per heavy atom. The lowest BCUT2D eigenvalue weighted by molar-refractivity contribution is 0.660. The van der Waals surface area contributed by atoms with Gasteiger partial charge in [-0.3, -0.25) is 0 Å². The third kappa shape index (κ3) is 7.13. The second-order valence-corrected chi connectivity index (χ2v) is 20.4. The zero-order valence-corrected chi connectivity index (χ0v) is 40.3. The van der Waals surface area contributed by atoms with E-state index < -0.39 is 0 Å². The highest BCUT2D eigenvalue weighted by atomic mass is 15.1. The van der Waals surface area contributed by atoms with Gasteiger partial charge in [0, 0.05) is 28.4 Å². The zero-order valence-electron chi connectivity index (χ0n) is 40.3. The molecule has 0 radical (unpaired) electrons. The fraction of sp³-hybridized carbons (Fsp3) is 0.159. The standard InChI is InChI=1S/C69H57N/c1-69(2)64-31-19-18-30-56(64)57-39-34-52(44-65(57)69)51-36-41-59-63(43-51)62-42-50(46-20-8-3-9-21-46)35-40-58(62)67-61(48-24-12-5-13-25-48)45-60(47-22-10-4-11-23-47)66(68(59)67)49-32-37-55(38-33-49)70(53-26-14-6-15-27-53)54-28-16-7-17-29-54/h5-6,8,10,12-16,18-24,26-45,48H,3-4,7,9,11,17,25H2,1-2H3. The van der Waals surface area contributed by atoms with Crippen LogP contribution in [-0.2, 0) is 5.41 Å². The fourth-order valence-electron chi connectivity index (χ4n) is 12.3. The smallest absolute Gasteiger partial charge is 0.0461 e. The lowest BCUT2D eigenvalue weighted by Crippen LogP contribution is -2.16. The lowest BCUT2D eigenvalue weighted by atomic mass is 9.77. The van der Waals surface area contributed by atoms with Gasteiger partial charge in [-0.1, -0.05) is 178 Å². The molecule has 1 atom stereocenters. The summed E-state index contributed by atoms with van der Waals surface area (Å²) >= 11 is 0. The predicted molar refractivity (Wildman–Crippen MR) is 301 cm³/mol. The molecule has 5 aliphatic carbocycles. The number of para-hydroxylation sites is 1. The van der Waals surface area contributed by atoms with Gasteiger partial charge in [-0.2, -0.15) is 0 Å². The van der Waals surface area contributed by atoms with Crippen molar-refractivity contribution in [3.8, 4) is 33.4 Å². The van der Waals surface area contributed by atoms with E-state index in [2.05, 4.69) is 237 Å². The van der Waals surface area contributed by atoms with Gasteiger partial charge in [0.15, 0.2) is 0 Å². The van der Waals surface area contributed by atoms with Crippen molar-refractivity contribution >= 4 is 54.8 Å². The average molecular weight is 900 g/mol. The van der Waals surface area contributed by atoms with Crippen LogP contribution in [-0.4, -0.2) is 0 Å². The normalized spacial score (nSPS) is 17.7. The minimum atomic E-state index is -0.0811. The van der Waals surface area contributed by atoms with Gasteiger partial charge in [0.1, 0.15) is 0 Å². The minimum Gasteiger partial charge on any atom is -0.311 e. The number of allylic oxidation sites excluding steroid dienone is 15. The summed E-state index contributed by atoms with van der Waals surface area (Å²) in [5, 5.41) is 7.92. The van der Waals surface area contributed by atoms with Gasteiger partial charge >= 0.3 is 0 Å². The number of anilines is 2. The van der Waals surface area contributed by atoms with Crippen molar-refractivity contribution in [1.29, 1.82) is 0 Å². The quantitative estimate of drug-likeness (QED) is 0.137. The number of benzene rings is 8. The molecule has 1 heteroatoms. The summed E-state index contributed by atoms with van der Waals surface area (Å²) in [6, 6.07) is 53.8. The highest BCUT2D eigenvalue weighted by Gasteiger charge is 2.35. The summed E-state index contributed by atoms with van der Waals surface area (Å²) in [6.07, 6.45) is 37.9. The molecule has 0 amide bonds. The Hall–Kier alpha value is -7.74. The van der Waals surface area contributed by atoms with E-state index in [1.165, 1.54) is 116 Å². The van der Waals surface area contributed by atoms with Crippen molar-refractivity contribution in [2.24, 2.45) is 0 Å². The fourth-order valence-corrected chi connectivity index (χ4v) is 12.3. The number of rotatable bonds is 8. The van der Waals surface area contributed by atoms with Gasteiger partial charge in [-0.05, 0) is 204 Å². The number of hydrogen-bond acceptors (Lipinski definition) is 1. The van der Waals surface area contributed by atoms with Gasteiger partial charge in [0.2, 0.25) is 0 Å². The molecule has 8 aromatic carbocycles. The van der Waals surface area contributed by atoms with Gasteiger partial charge < -0.3 is 4.90 Å². The van der Waals surface area contributed by atoms with Crippen LogP contribution in [0.2, 0.25) is 0 Å². The Morgan fingerprint density at radius 3 is 1.80 bits per heavy atom. The Kier molecular flexibility index (Phi) is 10.5. The van der Waals surface area contributed by atoms with Gasteiger partial charge in [0.25, 0.3) is 0 Å². The van der Waals surface area contributed by atoms with Crippen molar-refractivity contribution in [3.05, 3.63) is 252 Å². The van der Waals surface area contributed by atoms with E-state index in [4.69, 9.17) is 0 Å². The second-order valence-electron chi connectivity index (χ2n) is 20.4. The summed E-state index contributed by atoms with van der Waals surface area (Å²) in [6.45, 7) is 4.77. The summed E-state index contributed by atoms with van der Waals surface area (Å²) in [7, 11) is 0. The maximum atomic E-state index is 2.58. The van der Waals surface area contributed by atoms with Crippen LogP contribution in [0.25, 0.3) is 76.8 Å². The van der Waals surface area contributed by atoms with Gasteiger partial charge in [-0.25, -0.2) is 0 Å². The molecule has 1 unspecified atom stereocenters. The van der Waals surface area contributed by atoms with E-state index in [1.807, 2.05) is 0 Å². The SMILES string of the molecule is CC1(C)c2ccccc2-c2ccc(-c3ccc4c(c3)c3cc(C5=CCCC=C5)ccc3c3c(C5C=CC=CC5)cc(C5=CCCC=C5)c(-c5ccc(N(C6=CCCC=C6)c6ccccc6)cc5)c43)cc21. The van der Waals surface area contributed by atoms with E-state index in [0.29, 0.717) is 0 Å². The topological polar surface area (TPSA) is 3.24 Å². The van der Waals surface area contributed by atoms with Crippen LogP contribution in [0.1, 0.15) is 92.5 Å². The van der Waals surface area contributed by atoms with Crippen LogP contribution >= 0.6 is 0 Å². The Bertz CT molecular complexity index is 3690. The highest BCUT2D eigenvalue weighted by molar-refractivity contribution is 6.31. The summed E-state index contributed by atoms with van der Waals surface area (Å²) < 4.78 is 0. The molecule has 0 bridgehead atoms. The van der Waals surface area contributed by atoms with Crippen LogP contribution in [0.15, 0.2) is 224 Å². The molecule has 0 aliphatic heterocycles. The molecule has 0 fully saturated rings. The predicted octanol–water partition coefficient (Wildman–Crippen LogP) is 19.2. The summed E-state index contributed by atoms with van der Waals surface area (Å²) in [4.78, 5) is 2.41. The van der Waals surface area contributed by atoms with Crippen molar-refractivity contribution < 1.29 is 0 Å². The van der Waals surface area contributed by atoms with E-state index in [9.17, 15) is 0 Å². The first-order valence-electron chi connectivity index (χ1n) is 25.6. The third-order valence-electron chi connectivity index (χ3n) is 15.8. The molecule has 0 aromatic heterocycles. The van der Waals surface area contributed by atoms with E-state index in [1.54, 1.807) is 0 Å². The van der Waals surface area contributed by atoms with E-state index in [-0.39, 0.29) is 11.3 Å². The first kappa shape index (κ1) is 42.4. The molecular formula is C69H57N. The molecule has 70 heavy (non-hydrogen) atoms. The Labute approximate surface area is 413 Å². The molecular weight excluding hydrogens is 843 g/mol. The molecule has 5 aliphatic rings. The largest absolute Gasteiger partial charge is 0.311 e. The maximum Gasteiger partial charge on any atom is 0.0461 e. The van der Waals surface area contributed by atoms with Crippen molar-refractivity contribution in [2.75, 3.05) is 4.90 Å². The molecule has 0 saturated carbocycles. The first-order valence-corrected chi connectivity index (χ1v) is 25.6. The minimum absolute atomic E-state index is 0.0811. The van der Waals surface area contributed by atoms with E-state index in [0.717, 1.165) is 50.6 Å². The van der Waals surface area contributed by atoms with Crippen LogP contribution in [0, 0.1) is 0 Å². The van der Waals surface area contributed by atoms with Crippen molar-refractivity contribution in [2.45, 2.75) is 70.1 Å². The van der Waals surface area contributed by atoms with Gasteiger partial charge in [0.05, 0.1) is 0 Å². The Balaban J connectivity index is 1.10. The average Bonchev–Trinajstić information content (AvgIpc) is 3.66. The Morgan fingerprint density at radius 1 is 0.443 bits per heavy atom.